The van der Waals surface area contributed by atoms with Crippen molar-refractivity contribution in [3.05, 3.63) is 0 Å². The van der Waals surface area contributed by atoms with Gasteiger partial charge < -0.3 is 20.1 Å². The monoisotopic (exact) mass is 425 g/mol. The molecule has 0 spiro atoms. The summed E-state index contributed by atoms with van der Waals surface area (Å²) in [7, 11) is 1.80. The normalized spacial score (nSPS) is 31.9. The number of guanidine groups is 1. The number of aliphatic imine (C=N–C) groups is 1. The highest BCUT2D eigenvalue weighted by atomic mass is 127. The Morgan fingerprint density at radius 3 is 2.36 bits per heavy atom. The van der Waals surface area contributed by atoms with Crippen LogP contribution in [-0.2, 0) is 9.47 Å². The number of halogens is 1. The molecule has 1 saturated carbocycles. The van der Waals surface area contributed by atoms with E-state index in [1.54, 1.807) is 7.11 Å². The zero-order chi connectivity index (χ0) is 15.5. The molecule has 1 saturated heterocycles. The quantitative estimate of drug-likeness (QED) is 0.413. The number of hydrogen-bond acceptors (Lipinski definition) is 3. The lowest BCUT2D eigenvalue weighted by atomic mass is 9.56. The fraction of sp³-hybridized carbons (Fsp3) is 0.938. The molecule has 2 N–H and O–H groups in total. The summed E-state index contributed by atoms with van der Waals surface area (Å²) in [6, 6.07) is 0.855. The number of rotatable bonds is 4. The lowest BCUT2D eigenvalue weighted by Crippen LogP contribution is -2.69. The summed E-state index contributed by atoms with van der Waals surface area (Å²) in [5.74, 6) is 0.931. The first-order valence-corrected chi connectivity index (χ1v) is 8.13. The SMILES string of the molecule is CCN=C(NC1CCOCC1)NC1CC(C)(OC)C1(C)C.I. The van der Waals surface area contributed by atoms with E-state index in [9.17, 15) is 0 Å². The third-order valence-electron chi connectivity index (χ3n) is 5.47. The van der Waals surface area contributed by atoms with Crippen molar-refractivity contribution in [3.8, 4) is 0 Å². The van der Waals surface area contributed by atoms with E-state index < -0.39 is 0 Å². The second kappa shape index (κ2) is 8.15. The Labute approximate surface area is 152 Å². The third-order valence-corrected chi connectivity index (χ3v) is 5.47. The molecule has 0 bridgehead atoms. The van der Waals surface area contributed by atoms with Gasteiger partial charge in [-0.15, -0.1) is 24.0 Å². The van der Waals surface area contributed by atoms with E-state index in [0.717, 1.165) is 45.0 Å². The first kappa shape index (κ1) is 20.0. The molecule has 2 fully saturated rings. The molecule has 0 amide bonds. The molecule has 130 valence electrons. The van der Waals surface area contributed by atoms with E-state index in [1.807, 2.05) is 0 Å². The Kier molecular flexibility index (Phi) is 7.39. The maximum Gasteiger partial charge on any atom is 0.191 e. The van der Waals surface area contributed by atoms with E-state index >= 15 is 0 Å². The van der Waals surface area contributed by atoms with E-state index in [1.165, 1.54) is 0 Å². The van der Waals surface area contributed by atoms with Gasteiger partial charge in [-0.3, -0.25) is 4.99 Å². The lowest BCUT2D eigenvalue weighted by Gasteiger charge is -2.59. The molecule has 1 aliphatic carbocycles. The van der Waals surface area contributed by atoms with Crippen LogP contribution in [0.5, 0.6) is 0 Å². The smallest absolute Gasteiger partial charge is 0.191 e. The molecule has 1 heterocycles. The standard InChI is InChI=1S/C16H31N3O2.HI/c1-6-17-14(18-12-7-9-21-10-8-12)19-13-11-16(4,20-5)15(13,2)3;/h12-13H,6-11H2,1-5H3,(H2,17,18,19);1H. The van der Waals surface area contributed by atoms with Crippen molar-refractivity contribution in [1.29, 1.82) is 0 Å². The minimum absolute atomic E-state index is 0. The van der Waals surface area contributed by atoms with Crippen molar-refractivity contribution in [2.75, 3.05) is 26.9 Å². The van der Waals surface area contributed by atoms with Crippen LogP contribution in [0.15, 0.2) is 4.99 Å². The van der Waals surface area contributed by atoms with Gasteiger partial charge in [0.15, 0.2) is 5.96 Å². The third kappa shape index (κ3) is 4.06. The van der Waals surface area contributed by atoms with Crippen LogP contribution in [0.1, 0.15) is 47.0 Å². The average Bonchev–Trinajstić information content (AvgIpc) is 2.47. The fourth-order valence-corrected chi connectivity index (χ4v) is 3.21. The summed E-state index contributed by atoms with van der Waals surface area (Å²) in [5, 5.41) is 7.16. The second-order valence-corrected chi connectivity index (χ2v) is 6.91. The first-order valence-electron chi connectivity index (χ1n) is 8.13. The predicted octanol–water partition coefficient (Wildman–Crippen LogP) is 2.54. The van der Waals surface area contributed by atoms with Crippen LogP contribution in [0, 0.1) is 5.41 Å². The largest absolute Gasteiger partial charge is 0.381 e. The molecule has 1 aliphatic heterocycles. The van der Waals surface area contributed by atoms with Crippen LogP contribution in [-0.4, -0.2) is 50.5 Å². The molecule has 0 aromatic carbocycles. The molecule has 2 atom stereocenters. The Morgan fingerprint density at radius 2 is 1.86 bits per heavy atom. The summed E-state index contributed by atoms with van der Waals surface area (Å²) < 4.78 is 11.1. The van der Waals surface area contributed by atoms with Crippen molar-refractivity contribution in [3.63, 3.8) is 0 Å². The molecule has 6 heteroatoms. The second-order valence-electron chi connectivity index (χ2n) is 6.91. The van der Waals surface area contributed by atoms with Gasteiger partial charge in [-0.1, -0.05) is 13.8 Å². The maximum atomic E-state index is 5.69. The molecule has 0 radical (unpaired) electrons. The summed E-state index contributed by atoms with van der Waals surface area (Å²) in [6.45, 7) is 11.2. The maximum absolute atomic E-state index is 5.69. The van der Waals surface area contributed by atoms with Gasteiger partial charge in [-0.25, -0.2) is 0 Å². The van der Waals surface area contributed by atoms with Crippen LogP contribution in [0.3, 0.4) is 0 Å². The van der Waals surface area contributed by atoms with Crippen molar-refractivity contribution in [2.45, 2.75) is 64.6 Å². The van der Waals surface area contributed by atoms with Gasteiger partial charge in [0, 0.05) is 44.4 Å². The molecule has 0 aromatic rings. The van der Waals surface area contributed by atoms with E-state index in [0.29, 0.717) is 12.1 Å². The summed E-state index contributed by atoms with van der Waals surface area (Å²) in [4.78, 5) is 4.59. The highest BCUT2D eigenvalue weighted by molar-refractivity contribution is 14.0. The molecule has 2 unspecified atom stereocenters. The van der Waals surface area contributed by atoms with Crippen LogP contribution in [0.25, 0.3) is 0 Å². The molecule has 2 rings (SSSR count). The molecular weight excluding hydrogens is 393 g/mol. The number of methoxy groups -OCH3 is 1. The summed E-state index contributed by atoms with van der Waals surface area (Å²) >= 11 is 0. The van der Waals surface area contributed by atoms with Crippen molar-refractivity contribution in [1.82, 2.24) is 10.6 Å². The van der Waals surface area contributed by atoms with Gasteiger partial charge in [0.2, 0.25) is 0 Å². The van der Waals surface area contributed by atoms with Gasteiger partial charge >= 0.3 is 0 Å². The highest BCUT2D eigenvalue weighted by Gasteiger charge is 2.58. The summed E-state index contributed by atoms with van der Waals surface area (Å²) in [5.41, 5.74) is 0.0360. The van der Waals surface area contributed by atoms with Crippen LogP contribution < -0.4 is 10.6 Å². The Bertz CT molecular complexity index is 384. The number of nitrogens with one attached hydrogen (secondary N) is 2. The van der Waals surface area contributed by atoms with Gasteiger partial charge in [-0.2, -0.15) is 0 Å². The van der Waals surface area contributed by atoms with E-state index in [2.05, 4.69) is 43.3 Å². The fourth-order valence-electron chi connectivity index (χ4n) is 3.21. The van der Waals surface area contributed by atoms with Crippen LogP contribution in [0.2, 0.25) is 0 Å². The van der Waals surface area contributed by atoms with E-state index in [-0.39, 0.29) is 35.0 Å². The van der Waals surface area contributed by atoms with Crippen molar-refractivity contribution < 1.29 is 9.47 Å². The topological polar surface area (TPSA) is 54.9 Å². The molecule has 5 nitrogen and oxygen atoms in total. The Balaban J connectivity index is 0.00000242. The molecule has 2 aliphatic rings. The Hall–Kier alpha value is -0.0800. The van der Waals surface area contributed by atoms with Crippen LogP contribution in [0.4, 0.5) is 0 Å². The summed E-state index contributed by atoms with van der Waals surface area (Å²) in [6.07, 6.45) is 3.11. The van der Waals surface area contributed by atoms with Gasteiger partial charge in [-0.05, 0) is 33.1 Å². The number of nitrogens with zero attached hydrogens (tertiary/aromatic N) is 1. The highest BCUT2D eigenvalue weighted by Crippen LogP contribution is 2.51. The number of hydrogen-bond donors (Lipinski definition) is 2. The zero-order valence-corrected chi connectivity index (χ0v) is 16.9. The molecule has 22 heavy (non-hydrogen) atoms. The molecule has 0 aromatic heterocycles. The van der Waals surface area contributed by atoms with Crippen molar-refractivity contribution >= 4 is 29.9 Å². The Morgan fingerprint density at radius 1 is 1.23 bits per heavy atom. The van der Waals surface area contributed by atoms with Gasteiger partial charge in [0.05, 0.1) is 5.60 Å². The number of ether oxygens (including phenoxy) is 2. The zero-order valence-electron chi connectivity index (χ0n) is 14.6. The van der Waals surface area contributed by atoms with E-state index in [4.69, 9.17) is 9.47 Å². The minimum atomic E-state index is -0.0549. The predicted molar refractivity (Wildman–Crippen MR) is 101 cm³/mol. The lowest BCUT2D eigenvalue weighted by molar-refractivity contribution is -0.176. The molecular formula is C16H32IN3O2. The first-order chi connectivity index (χ1) is 9.93. The van der Waals surface area contributed by atoms with Gasteiger partial charge in [0.25, 0.3) is 0 Å². The average molecular weight is 425 g/mol. The minimum Gasteiger partial charge on any atom is -0.381 e. The van der Waals surface area contributed by atoms with Crippen LogP contribution >= 0.6 is 24.0 Å². The van der Waals surface area contributed by atoms with Crippen molar-refractivity contribution in [2.24, 2.45) is 10.4 Å². The van der Waals surface area contributed by atoms with Gasteiger partial charge in [0.1, 0.15) is 0 Å².